The van der Waals surface area contributed by atoms with E-state index in [1.165, 1.54) is 24.0 Å². The average Bonchev–Trinajstić information content (AvgIpc) is 2.32. The minimum atomic E-state index is 0.221. The molecule has 0 aliphatic rings. The summed E-state index contributed by atoms with van der Waals surface area (Å²) in [5.74, 6) is 6.38. The molecule has 0 fully saturated rings. The summed E-state index contributed by atoms with van der Waals surface area (Å²) in [6.45, 7) is 6.57. The lowest BCUT2D eigenvalue weighted by Crippen LogP contribution is -2.30. The van der Waals surface area contributed by atoms with Crippen molar-refractivity contribution in [2.45, 2.75) is 46.1 Å². The van der Waals surface area contributed by atoms with Gasteiger partial charge in [-0.15, -0.1) is 0 Å². The molecule has 0 bridgehead atoms. The Morgan fingerprint density at radius 2 is 2.06 bits per heavy atom. The highest BCUT2D eigenvalue weighted by atomic mass is 15.2. The van der Waals surface area contributed by atoms with Crippen molar-refractivity contribution in [2.24, 2.45) is 11.8 Å². The van der Waals surface area contributed by atoms with E-state index in [-0.39, 0.29) is 6.04 Å². The summed E-state index contributed by atoms with van der Waals surface area (Å²) in [6, 6.07) is 2.26. The van der Waals surface area contributed by atoms with Crippen molar-refractivity contribution < 1.29 is 0 Å². The molecule has 0 amide bonds. The van der Waals surface area contributed by atoms with E-state index in [2.05, 4.69) is 31.2 Å². The van der Waals surface area contributed by atoms with Crippen LogP contribution in [-0.2, 0) is 0 Å². The summed E-state index contributed by atoms with van der Waals surface area (Å²) in [6.07, 6.45) is 7.23. The van der Waals surface area contributed by atoms with Gasteiger partial charge in [0.15, 0.2) is 0 Å². The van der Waals surface area contributed by atoms with E-state index < -0.39 is 0 Å². The molecule has 0 aliphatic carbocycles. The van der Waals surface area contributed by atoms with Gasteiger partial charge in [-0.05, 0) is 36.5 Å². The van der Waals surface area contributed by atoms with Gasteiger partial charge in [0.05, 0.1) is 0 Å². The third-order valence-corrected chi connectivity index (χ3v) is 3.38. The second kappa shape index (κ2) is 6.61. The zero-order chi connectivity index (χ0) is 12.0. The van der Waals surface area contributed by atoms with Crippen LogP contribution >= 0.6 is 0 Å². The first-order valence-electron chi connectivity index (χ1n) is 6.09. The molecule has 90 valence electrons. The van der Waals surface area contributed by atoms with E-state index in [4.69, 9.17) is 5.84 Å². The molecule has 1 unspecified atom stereocenters. The van der Waals surface area contributed by atoms with Crippen LogP contribution < -0.4 is 11.3 Å². The molecule has 0 spiro atoms. The van der Waals surface area contributed by atoms with E-state index >= 15 is 0 Å². The summed E-state index contributed by atoms with van der Waals surface area (Å²) in [5, 5.41) is 0. The fraction of sp³-hybridized carbons (Fsp3) is 0.615. The Bertz CT molecular complexity index is 308. The lowest BCUT2D eigenvalue weighted by molar-refractivity contribution is 0.373. The number of hydrazine groups is 1. The second-order valence-electron chi connectivity index (χ2n) is 4.37. The van der Waals surface area contributed by atoms with Crippen molar-refractivity contribution in [3.63, 3.8) is 0 Å². The number of nitrogens with zero attached hydrogens (tertiary/aromatic N) is 1. The highest BCUT2D eigenvalue weighted by Crippen LogP contribution is 2.25. The maximum atomic E-state index is 5.65. The highest BCUT2D eigenvalue weighted by Gasteiger charge is 2.16. The summed E-state index contributed by atoms with van der Waals surface area (Å²) in [5.41, 5.74) is 5.39. The molecule has 1 heterocycles. The first-order chi connectivity index (χ1) is 7.72. The number of nitrogens with two attached hydrogens (primary N) is 1. The molecule has 1 rings (SSSR count). The first kappa shape index (κ1) is 13.1. The minimum absolute atomic E-state index is 0.221. The Kier molecular flexibility index (Phi) is 5.43. The zero-order valence-corrected chi connectivity index (χ0v) is 10.5. The van der Waals surface area contributed by atoms with Crippen LogP contribution in [0.2, 0.25) is 0 Å². The van der Waals surface area contributed by atoms with E-state index in [9.17, 15) is 0 Å². The van der Waals surface area contributed by atoms with Crippen LogP contribution in [0.1, 0.15) is 50.3 Å². The number of nitrogens with one attached hydrogen (secondary N) is 1. The lowest BCUT2D eigenvalue weighted by atomic mass is 9.90. The molecule has 1 aromatic rings. The zero-order valence-electron chi connectivity index (χ0n) is 10.5. The minimum Gasteiger partial charge on any atom is -0.271 e. The summed E-state index contributed by atoms with van der Waals surface area (Å²) in [7, 11) is 0. The molecular formula is C13H23N3. The molecule has 0 radical (unpaired) electrons. The van der Waals surface area contributed by atoms with Crippen LogP contribution in [0.5, 0.6) is 0 Å². The van der Waals surface area contributed by atoms with E-state index in [0.717, 1.165) is 12.3 Å². The van der Waals surface area contributed by atoms with Gasteiger partial charge in [-0.1, -0.05) is 26.7 Å². The van der Waals surface area contributed by atoms with Gasteiger partial charge in [0, 0.05) is 18.4 Å². The predicted octanol–water partition coefficient (Wildman–Crippen LogP) is 2.72. The second-order valence-corrected chi connectivity index (χ2v) is 4.37. The van der Waals surface area contributed by atoms with Crippen molar-refractivity contribution in [1.82, 2.24) is 10.4 Å². The summed E-state index contributed by atoms with van der Waals surface area (Å²) >= 11 is 0. The molecular weight excluding hydrogens is 198 g/mol. The van der Waals surface area contributed by atoms with Crippen molar-refractivity contribution in [2.75, 3.05) is 0 Å². The fourth-order valence-corrected chi connectivity index (χ4v) is 2.08. The topological polar surface area (TPSA) is 50.9 Å². The Morgan fingerprint density at radius 1 is 1.38 bits per heavy atom. The molecule has 0 saturated heterocycles. The van der Waals surface area contributed by atoms with E-state index in [1.807, 2.05) is 18.5 Å². The molecule has 3 heteroatoms. The van der Waals surface area contributed by atoms with E-state index in [0.29, 0.717) is 0 Å². The van der Waals surface area contributed by atoms with Gasteiger partial charge in [0.2, 0.25) is 0 Å². The number of hydrogen-bond acceptors (Lipinski definition) is 3. The number of hydrogen-bond donors (Lipinski definition) is 2. The van der Waals surface area contributed by atoms with Gasteiger partial charge in [0.1, 0.15) is 0 Å². The number of aromatic nitrogens is 1. The van der Waals surface area contributed by atoms with Gasteiger partial charge in [0.25, 0.3) is 0 Å². The molecule has 16 heavy (non-hydrogen) atoms. The normalized spacial score (nSPS) is 13.1. The van der Waals surface area contributed by atoms with Crippen LogP contribution in [0.25, 0.3) is 0 Å². The van der Waals surface area contributed by atoms with Gasteiger partial charge in [-0.2, -0.15) is 0 Å². The fourth-order valence-electron chi connectivity index (χ4n) is 2.08. The van der Waals surface area contributed by atoms with Crippen LogP contribution in [0.15, 0.2) is 18.5 Å². The highest BCUT2D eigenvalue weighted by molar-refractivity contribution is 5.24. The largest absolute Gasteiger partial charge is 0.271 e. The molecule has 1 aromatic heterocycles. The monoisotopic (exact) mass is 221 g/mol. The Labute approximate surface area is 98.4 Å². The molecule has 3 N–H and O–H groups in total. The summed E-state index contributed by atoms with van der Waals surface area (Å²) in [4.78, 5) is 4.18. The van der Waals surface area contributed by atoms with Crippen LogP contribution in [0.4, 0.5) is 0 Å². The molecule has 0 aromatic carbocycles. The maximum Gasteiger partial charge on any atom is 0.0480 e. The summed E-state index contributed by atoms with van der Waals surface area (Å²) < 4.78 is 0. The molecule has 3 nitrogen and oxygen atoms in total. The number of rotatable bonds is 6. The number of aryl methyl sites for hydroxylation is 1. The third kappa shape index (κ3) is 3.29. The van der Waals surface area contributed by atoms with Crippen LogP contribution in [-0.4, -0.2) is 4.98 Å². The van der Waals surface area contributed by atoms with E-state index in [1.54, 1.807) is 0 Å². The number of pyridine rings is 1. The standard InChI is InChI=1S/C13H23N3/c1-4-11(5-2)8-13(16-14)12-9-15-7-6-10(12)3/h6-7,9,11,13,16H,4-5,8,14H2,1-3H3. The Hall–Kier alpha value is -0.930. The third-order valence-electron chi connectivity index (χ3n) is 3.38. The lowest BCUT2D eigenvalue weighted by Gasteiger charge is -2.22. The van der Waals surface area contributed by atoms with Crippen molar-refractivity contribution in [3.05, 3.63) is 29.6 Å². The van der Waals surface area contributed by atoms with Gasteiger partial charge in [-0.25, -0.2) is 0 Å². The molecule has 0 aliphatic heterocycles. The van der Waals surface area contributed by atoms with Crippen molar-refractivity contribution >= 4 is 0 Å². The van der Waals surface area contributed by atoms with Crippen LogP contribution in [0, 0.1) is 12.8 Å². The molecule has 1 atom stereocenters. The van der Waals surface area contributed by atoms with Gasteiger partial charge >= 0.3 is 0 Å². The average molecular weight is 221 g/mol. The Morgan fingerprint density at radius 3 is 2.56 bits per heavy atom. The predicted molar refractivity (Wildman–Crippen MR) is 67.7 cm³/mol. The molecule has 0 saturated carbocycles. The quantitative estimate of drug-likeness (QED) is 0.573. The Balaban J connectivity index is 2.78. The SMILES string of the molecule is CCC(CC)CC(NN)c1cnccc1C. The maximum absolute atomic E-state index is 5.65. The van der Waals surface area contributed by atoms with Gasteiger partial charge in [-0.3, -0.25) is 16.3 Å². The van der Waals surface area contributed by atoms with Gasteiger partial charge < -0.3 is 0 Å². The first-order valence-corrected chi connectivity index (χ1v) is 6.09. The van der Waals surface area contributed by atoms with Crippen molar-refractivity contribution in [3.8, 4) is 0 Å². The smallest absolute Gasteiger partial charge is 0.0480 e. The van der Waals surface area contributed by atoms with Crippen LogP contribution in [0.3, 0.4) is 0 Å². The van der Waals surface area contributed by atoms with Crippen molar-refractivity contribution in [1.29, 1.82) is 0 Å².